The van der Waals surface area contributed by atoms with Gasteiger partial charge in [-0.1, -0.05) is 0 Å². The summed E-state index contributed by atoms with van der Waals surface area (Å²) in [5.74, 6) is 0.829. The fourth-order valence-electron chi connectivity index (χ4n) is 2.45. The van der Waals surface area contributed by atoms with E-state index in [0.717, 1.165) is 36.7 Å². The quantitative estimate of drug-likeness (QED) is 0.802. The Hall–Kier alpha value is -2.81. The molecule has 126 valence electrons. The summed E-state index contributed by atoms with van der Waals surface area (Å²) in [6.45, 7) is 3.53. The predicted octanol–water partition coefficient (Wildman–Crippen LogP) is -0.576. The highest BCUT2D eigenvalue weighted by atomic mass is 16.2. The lowest BCUT2D eigenvalue weighted by Gasteiger charge is -2.33. The highest BCUT2D eigenvalue weighted by Gasteiger charge is 2.16. The second-order valence-corrected chi connectivity index (χ2v) is 5.62. The molecule has 0 spiro atoms. The zero-order valence-electron chi connectivity index (χ0n) is 13.4. The van der Waals surface area contributed by atoms with Crippen molar-refractivity contribution in [2.24, 2.45) is 0 Å². The van der Waals surface area contributed by atoms with Gasteiger partial charge in [-0.2, -0.15) is 5.10 Å². The van der Waals surface area contributed by atoms with Gasteiger partial charge in [-0.25, -0.2) is 14.6 Å². The number of hydrogen-bond acceptors (Lipinski definition) is 7. The molecule has 2 aromatic heterocycles. The normalized spacial score (nSPS) is 15.3. The zero-order valence-corrected chi connectivity index (χ0v) is 13.4. The van der Waals surface area contributed by atoms with Crippen LogP contribution in [0.2, 0.25) is 0 Å². The van der Waals surface area contributed by atoms with Crippen molar-refractivity contribution >= 4 is 17.5 Å². The summed E-state index contributed by atoms with van der Waals surface area (Å²) in [6, 6.07) is 4.63. The maximum absolute atomic E-state index is 12.1. The van der Waals surface area contributed by atoms with E-state index in [1.54, 1.807) is 6.07 Å². The van der Waals surface area contributed by atoms with Crippen LogP contribution in [0.25, 0.3) is 0 Å². The molecule has 0 aliphatic carbocycles. The second-order valence-electron chi connectivity index (χ2n) is 5.62. The van der Waals surface area contributed by atoms with Crippen molar-refractivity contribution in [2.75, 3.05) is 43.4 Å². The molecule has 1 aliphatic rings. The van der Waals surface area contributed by atoms with Gasteiger partial charge in [0, 0.05) is 44.5 Å². The van der Waals surface area contributed by atoms with E-state index in [1.807, 2.05) is 0 Å². The van der Waals surface area contributed by atoms with Crippen LogP contribution in [0.3, 0.4) is 0 Å². The number of anilines is 2. The zero-order chi connectivity index (χ0) is 16.9. The van der Waals surface area contributed by atoms with Crippen molar-refractivity contribution in [3.63, 3.8) is 0 Å². The molecule has 1 aliphatic heterocycles. The largest absolute Gasteiger partial charge is 0.354 e. The van der Waals surface area contributed by atoms with Gasteiger partial charge in [0.2, 0.25) is 5.91 Å². The number of likely N-dealkylation sites (N-methyl/N-ethyl adjacent to an activating group) is 1. The molecule has 0 radical (unpaired) electrons. The smallest absolute Gasteiger partial charge is 0.267 e. The van der Waals surface area contributed by atoms with Gasteiger partial charge in [0.15, 0.2) is 0 Å². The van der Waals surface area contributed by atoms with E-state index in [2.05, 4.69) is 37.2 Å². The summed E-state index contributed by atoms with van der Waals surface area (Å²) in [4.78, 5) is 36.4. The Morgan fingerprint density at radius 3 is 2.79 bits per heavy atom. The Kier molecular flexibility index (Phi) is 4.80. The number of amides is 1. The SMILES string of the molecule is CN1CCN(c2cc(NC(=O)Cn3ncccc3=O)ncn2)CC1. The fourth-order valence-corrected chi connectivity index (χ4v) is 2.45. The highest BCUT2D eigenvalue weighted by molar-refractivity contribution is 5.89. The van der Waals surface area contributed by atoms with Crippen molar-refractivity contribution in [1.29, 1.82) is 0 Å². The number of nitrogens with zero attached hydrogens (tertiary/aromatic N) is 6. The van der Waals surface area contributed by atoms with Gasteiger partial charge in [-0.05, 0) is 13.1 Å². The Balaban J connectivity index is 1.65. The van der Waals surface area contributed by atoms with E-state index in [9.17, 15) is 9.59 Å². The summed E-state index contributed by atoms with van der Waals surface area (Å²) in [7, 11) is 2.09. The van der Waals surface area contributed by atoms with Crippen molar-refractivity contribution < 1.29 is 4.79 Å². The summed E-state index contributed by atoms with van der Waals surface area (Å²) >= 11 is 0. The molecule has 3 rings (SSSR count). The van der Waals surface area contributed by atoms with Gasteiger partial charge in [0.25, 0.3) is 5.56 Å². The number of piperazine rings is 1. The van der Waals surface area contributed by atoms with E-state index < -0.39 is 0 Å². The first-order chi connectivity index (χ1) is 11.6. The first-order valence-electron chi connectivity index (χ1n) is 7.69. The van der Waals surface area contributed by atoms with Crippen LogP contribution in [0.1, 0.15) is 0 Å². The second kappa shape index (κ2) is 7.18. The summed E-state index contributed by atoms with van der Waals surface area (Å²) in [6.07, 6.45) is 2.89. The predicted molar refractivity (Wildman–Crippen MR) is 88.9 cm³/mol. The van der Waals surface area contributed by atoms with Crippen LogP contribution in [0, 0.1) is 0 Å². The van der Waals surface area contributed by atoms with Crippen LogP contribution in [-0.4, -0.2) is 63.8 Å². The molecular weight excluding hydrogens is 310 g/mol. The minimum Gasteiger partial charge on any atom is -0.354 e. The molecule has 0 aromatic carbocycles. The Labute approximate surface area is 138 Å². The Bertz CT molecular complexity index is 768. The molecule has 9 nitrogen and oxygen atoms in total. The van der Waals surface area contributed by atoms with Gasteiger partial charge in [-0.3, -0.25) is 9.59 Å². The molecule has 24 heavy (non-hydrogen) atoms. The molecule has 2 aromatic rings. The molecule has 0 unspecified atom stereocenters. The molecule has 0 bridgehead atoms. The lowest BCUT2D eigenvalue weighted by molar-refractivity contribution is -0.117. The number of hydrogen-bond donors (Lipinski definition) is 1. The van der Waals surface area contributed by atoms with E-state index in [1.165, 1.54) is 24.7 Å². The maximum atomic E-state index is 12.1. The standard InChI is InChI=1S/C15H19N7O2/c1-20-5-7-21(8-6-20)13-9-12(16-11-17-13)19-14(23)10-22-15(24)3-2-4-18-22/h2-4,9,11H,5-8,10H2,1H3,(H,16,17,19,23). The van der Waals surface area contributed by atoms with Crippen LogP contribution in [-0.2, 0) is 11.3 Å². The van der Waals surface area contributed by atoms with Gasteiger partial charge >= 0.3 is 0 Å². The minimum absolute atomic E-state index is 0.159. The summed E-state index contributed by atoms with van der Waals surface area (Å²) in [5, 5.41) is 6.53. The third kappa shape index (κ3) is 3.93. The number of carbonyl (C=O) groups is 1. The summed E-state index contributed by atoms with van der Waals surface area (Å²) in [5.41, 5.74) is -0.325. The first-order valence-corrected chi connectivity index (χ1v) is 7.69. The summed E-state index contributed by atoms with van der Waals surface area (Å²) < 4.78 is 1.10. The van der Waals surface area contributed by atoms with Crippen LogP contribution in [0.5, 0.6) is 0 Å². The highest BCUT2D eigenvalue weighted by Crippen LogP contribution is 2.15. The first kappa shape index (κ1) is 16.1. The average Bonchev–Trinajstić information content (AvgIpc) is 2.58. The van der Waals surface area contributed by atoms with E-state index in [-0.39, 0.29) is 18.0 Å². The molecule has 1 N–H and O–H groups in total. The van der Waals surface area contributed by atoms with Gasteiger partial charge in [-0.15, -0.1) is 0 Å². The van der Waals surface area contributed by atoms with Crippen LogP contribution >= 0.6 is 0 Å². The monoisotopic (exact) mass is 329 g/mol. The molecule has 1 fully saturated rings. The molecule has 0 saturated carbocycles. The van der Waals surface area contributed by atoms with E-state index in [4.69, 9.17) is 0 Å². The van der Waals surface area contributed by atoms with Crippen molar-refractivity contribution in [2.45, 2.75) is 6.54 Å². The number of aromatic nitrogens is 4. The van der Waals surface area contributed by atoms with Gasteiger partial charge in [0.05, 0.1) is 0 Å². The number of nitrogens with one attached hydrogen (secondary N) is 1. The third-order valence-corrected chi connectivity index (χ3v) is 3.83. The topological polar surface area (TPSA) is 96.2 Å². The minimum atomic E-state index is -0.362. The Morgan fingerprint density at radius 2 is 2.04 bits per heavy atom. The maximum Gasteiger partial charge on any atom is 0.267 e. The van der Waals surface area contributed by atoms with Crippen molar-refractivity contribution in [1.82, 2.24) is 24.6 Å². The van der Waals surface area contributed by atoms with Crippen LogP contribution in [0.4, 0.5) is 11.6 Å². The fraction of sp³-hybridized carbons (Fsp3) is 0.400. The third-order valence-electron chi connectivity index (χ3n) is 3.83. The molecule has 9 heteroatoms. The van der Waals surface area contributed by atoms with Gasteiger partial charge in [0.1, 0.15) is 24.5 Å². The number of rotatable bonds is 4. The van der Waals surface area contributed by atoms with Crippen molar-refractivity contribution in [3.8, 4) is 0 Å². The van der Waals surface area contributed by atoms with Crippen molar-refractivity contribution in [3.05, 3.63) is 41.1 Å². The molecule has 3 heterocycles. The van der Waals surface area contributed by atoms with Gasteiger partial charge < -0.3 is 15.1 Å². The molecule has 1 saturated heterocycles. The van der Waals surface area contributed by atoms with E-state index in [0.29, 0.717) is 5.82 Å². The molecule has 0 atom stereocenters. The van der Waals surface area contributed by atoms with Crippen LogP contribution < -0.4 is 15.8 Å². The molecular formula is C15H19N7O2. The molecule has 1 amide bonds. The van der Waals surface area contributed by atoms with Crippen LogP contribution in [0.15, 0.2) is 35.5 Å². The van der Waals surface area contributed by atoms with E-state index >= 15 is 0 Å². The number of carbonyl (C=O) groups excluding carboxylic acids is 1. The lowest BCUT2D eigenvalue weighted by Crippen LogP contribution is -2.44. The lowest BCUT2D eigenvalue weighted by atomic mass is 10.3. The Morgan fingerprint density at radius 1 is 1.25 bits per heavy atom. The average molecular weight is 329 g/mol.